The Morgan fingerprint density at radius 1 is 1.21 bits per heavy atom. The Bertz CT molecular complexity index is 251. The van der Waals surface area contributed by atoms with Crippen LogP contribution < -0.4 is 0 Å². The lowest BCUT2D eigenvalue weighted by atomic mass is 10.3. The molecule has 0 radical (unpaired) electrons. The largest absolute Gasteiger partial charge is 0.248 e. The molecule has 78 valence electrons. The molecule has 0 unspecified atom stereocenters. The zero-order chi connectivity index (χ0) is 10.2. The van der Waals surface area contributed by atoms with E-state index >= 15 is 0 Å². The Labute approximate surface area is 99.2 Å². The molecule has 14 heavy (non-hydrogen) atoms. The molecule has 1 aromatic heterocycles. The van der Waals surface area contributed by atoms with Crippen molar-refractivity contribution in [1.29, 1.82) is 0 Å². The molecule has 0 N–H and O–H groups in total. The van der Waals surface area contributed by atoms with Crippen LogP contribution in [0, 0.1) is 0 Å². The van der Waals surface area contributed by atoms with Crippen LogP contribution in [0.3, 0.4) is 0 Å². The van der Waals surface area contributed by atoms with Gasteiger partial charge in [0.15, 0.2) is 0 Å². The van der Waals surface area contributed by atoms with Crippen LogP contribution in [0.15, 0.2) is 23.4 Å². The minimum absolute atomic E-state index is 0.691. The van der Waals surface area contributed by atoms with E-state index in [2.05, 4.69) is 4.98 Å². The number of hydrogen-bond donors (Lipinski definition) is 0. The summed E-state index contributed by atoms with van der Waals surface area (Å²) in [5.74, 6) is 1.87. The number of thioether (sulfide) groups is 1. The van der Waals surface area contributed by atoms with E-state index in [-0.39, 0.29) is 0 Å². The molecule has 1 heterocycles. The molecule has 1 nitrogen and oxygen atoms in total. The summed E-state index contributed by atoms with van der Waals surface area (Å²) in [5, 5.41) is 1.73. The second-order valence-corrected chi connectivity index (χ2v) is 4.84. The van der Waals surface area contributed by atoms with Gasteiger partial charge in [-0.05, 0) is 30.7 Å². The SMILES string of the molecule is ClCCCCCSc1ccc(Cl)cn1. The van der Waals surface area contributed by atoms with Crippen LogP contribution in [-0.2, 0) is 0 Å². The molecule has 0 aromatic carbocycles. The molecule has 4 heteroatoms. The third-order valence-electron chi connectivity index (χ3n) is 1.73. The molecule has 0 saturated heterocycles. The summed E-state index contributed by atoms with van der Waals surface area (Å²) in [6, 6.07) is 3.82. The number of nitrogens with zero attached hydrogens (tertiary/aromatic N) is 1. The van der Waals surface area contributed by atoms with Crippen molar-refractivity contribution in [1.82, 2.24) is 4.98 Å². The van der Waals surface area contributed by atoms with Crippen LogP contribution in [0.25, 0.3) is 0 Å². The molecule has 0 aliphatic carbocycles. The number of rotatable bonds is 6. The van der Waals surface area contributed by atoms with E-state index in [0.717, 1.165) is 23.1 Å². The van der Waals surface area contributed by atoms with Gasteiger partial charge in [-0.25, -0.2) is 4.98 Å². The van der Waals surface area contributed by atoms with Gasteiger partial charge in [-0.15, -0.1) is 23.4 Å². The van der Waals surface area contributed by atoms with Crippen molar-refractivity contribution >= 4 is 35.0 Å². The van der Waals surface area contributed by atoms with Gasteiger partial charge < -0.3 is 0 Å². The lowest BCUT2D eigenvalue weighted by Crippen LogP contribution is -1.84. The highest BCUT2D eigenvalue weighted by Crippen LogP contribution is 2.18. The van der Waals surface area contributed by atoms with E-state index in [0.29, 0.717) is 5.02 Å². The van der Waals surface area contributed by atoms with Crippen LogP contribution in [0.5, 0.6) is 0 Å². The first-order valence-corrected chi connectivity index (χ1v) is 6.53. The van der Waals surface area contributed by atoms with Gasteiger partial charge in [-0.3, -0.25) is 0 Å². The van der Waals surface area contributed by atoms with Gasteiger partial charge in [0.2, 0.25) is 0 Å². The maximum absolute atomic E-state index is 5.73. The Morgan fingerprint density at radius 2 is 2.07 bits per heavy atom. The van der Waals surface area contributed by atoms with Gasteiger partial charge in [-0.1, -0.05) is 18.0 Å². The summed E-state index contributed by atoms with van der Waals surface area (Å²) in [5.41, 5.74) is 0. The Kier molecular flexibility index (Phi) is 6.41. The Hall–Kier alpha value is 0.0800. The first-order valence-electron chi connectivity index (χ1n) is 4.63. The van der Waals surface area contributed by atoms with E-state index in [1.165, 1.54) is 12.8 Å². The summed E-state index contributed by atoms with van der Waals surface area (Å²) in [7, 11) is 0. The molecule has 0 fully saturated rings. The predicted molar refractivity (Wildman–Crippen MR) is 64.5 cm³/mol. The number of pyridine rings is 1. The minimum atomic E-state index is 0.691. The Balaban J connectivity index is 2.15. The molecule has 0 saturated carbocycles. The molecule has 0 bridgehead atoms. The van der Waals surface area contributed by atoms with E-state index in [4.69, 9.17) is 23.2 Å². The van der Waals surface area contributed by atoms with Crippen molar-refractivity contribution in [2.75, 3.05) is 11.6 Å². The van der Waals surface area contributed by atoms with Crippen molar-refractivity contribution in [3.8, 4) is 0 Å². The summed E-state index contributed by atoms with van der Waals surface area (Å²) >= 11 is 13.1. The van der Waals surface area contributed by atoms with E-state index in [1.54, 1.807) is 18.0 Å². The van der Waals surface area contributed by atoms with Crippen molar-refractivity contribution in [3.63, 3.8) is 0 Å². The molecule has 0 amide bonds. The van der Waals surface area contributed by atoms with Crippen LogP contribution >= 0.6 is 35.0 Å². The smallest absolute Gasteiger partial charge is 0.0960 e. The molecule has 0 aliphatic rings. The van der Waals surface area contributed by atoms with Crippen molar-refractivity contribution in [3.05, 3.63) is 23.4 Å². The highest BCUT2D eigenvalue weighted by Gasteiger charge is 1.95. The summed E-state index contributed by atoms with van der Waals surface area (Å²) in [6.07, 6.45) is 5.19. The van der Waals surface area contributed by atoms with E-state index in [9.17, 15) is 0 Å². The molecule has 0 atom stereocenters. The van der Waals surface area contributed by atoms with Crippen LogP contribution in [-0.4, -0.2) is 16.6 Å². The van der Waals surface area contributed by atoms with E-state index in [1.807, 2.05) is 12.1 Å². The standard InChI is InChI=1S/C10H13Cl2NS/c11-6-2-1-3-7-14-10-5-4-9(12)8-13-10/h4-5,8H,1-3,6-7H2. The summed E-state index contributed by atoms with van der Waals surface area (Å²) in [4.78, 5) is 4.20. The normalized spacial score (nSPS) is 10.4. The molecule has 0 aliphatic heterocycles. The quantitative estimate of drug-likeness (QED) is 0.425. The van der Waals surface area contributed by atoms with Gasteiger partial charge in [-0.2, -0.15) is 0 Å². The highest BCUT2D eigenvalue weighted by molar-refractivity contribution is 7.99. The average molecular weight is 250 g/mol. The number of hydrogen-bond acceptors (Lipinski definition) is 2. The first kappa shape index (κ1) is 12.2. The topological polar surface area (TPSA) is 12.9 Å². The van der Waals surface area contributed by atoms with Crippen LogP contribution in [0.2, 0.25) is 5.02 Å². The van der Waals surface area contributed by atoms with Gasteiger partial charge >= 0.3 is 0 Å². The van der Waals surface area contributed by atoms with Crippen molar-refractivity contribution in [2.24, 2.45) is 0 Å². The summed E-state index contributed by atoms with van der Waals surface area (Å²) in [6.45, 7) is 0. The molecule has 1 aromatic rings. The lowest BCUT2D eigenvalue weighted by molar-refractivity contribution is 0.782. The van der Waals surface area contributed by atoms with Gasteiger partial charge in [0.05, 0.1) is 10.0 Å². The molecular formula is C10H13Cl2NS. The lowest BCUT2D eigenvalue weighted by Gasteiger charge is -2.00. The maximum atomic E-state index is 5.73. The number of aromatic nitrogens is 1. The molecule has 0 spiro atoms. The fourth-order valence-electron chi connectivity index (χ4n) is 0.998. The first-order chi connectivity index (χ1) is 6.83. The average Bonchev–Trinajstić information content (AvgIpc) is 2.21. The number of alkyl halides is 1. The minimum Gasteiger partial charge on any atom is -0.248 e. The van der Waals surface area contributed by atoms with Crippen molar-refractivity contribution < 1.29 is 0 Å². The Morgan fingerprint density at radius 3 is 2.71 bits per heavy atom. The van der Waals surface area contributed by atoms with Crippen LogP contribution in [0.4, 0.5) is 0 Å². The highest BCUT2D eigenvalue weighted by atomic mass is 35.5. The third kappa shape index (κ3) is 5.08. The second kappa shape index (κ2) is 7.38. The second-order valence-electron chi connectivity index (χ2n) is 2.91. The fraction of sp³-hybridized carbons (Fsp3) is 0.500. The fourth-order valence-corrected chi connectivity index (χ4v) is 2.15. The predicted octanol–water partition coefficient (Wildman–Crippen LogP) is 4.24. The number of halogens is 2. The molecule has 1 rings (SSSR count). The molecular weight excluding hydrogens is 237 g/mol. The number of unbranched alkanes of at least 4 members (excludes halogenated alkanes) is 2. The monoisotopic (exact) mass is 249 g/mol. The van der Waals surface area contributed by atoms with E-state index < -0.39 is 0 Å². The van der Waals surface area contributed by atoms with Gasteiger partial charge in [0, 0.05) is 12.1 Å². The van der Waals surface area contributed by atoms with Crippen LogP contribution in [0.1, 0.15) is 19.3 Å². The third-order valence-corrected chi connectivity index (χ3v) is 3.25. The summed E-state index contributed by atoms with van der Waals surface area (Å²) < 4.78 is 0. The maximum Gasteiger partial charge on any atom is 0.0960 e. The zero-order valence-corrected chi connectivity index (χ0v) is 10.2. The zero-order valence-electron chi connectivity index (χ0n) is 7.88. The van der Waals surface area contributed by atoms with Gasteiger partial charge in [0.25, 0.3) is 0 Å². The van der Waals surface area contributed by atoms with Crippen molar-refractivity contribution in [2.45, 2.75) is 24.3 Å². The van der Waals surface area contributed by atoms with Gasteiger partial charge in [0.1, 0.15) is 0 Å².